The van der Waals surface area contributed by atoms with Crippen molar-refractivity contribution in [2.24, 2.45) is 5.92 Å². The van der Waals surface area contributed by atoms with Gasteiger partial charge in [-0.25, -0.2) is 0 Å². The Morgan fingerprint density at radius 2 is 1.78 bits per heavy atom. The number of carbonyl (C=O) groups is 3. The Morgan fingerprint density at radius 3 is 2.41 bits per heavy atom. The van der Waals surface area contributed by atoms with E-state index in [1.165, 1.54) is 11.3 Å². The minimum absolute atomic E-state index is 0.0135. The lowest BCUT2D eigenvalue weighted by Crippen LogP contribution is -2.41. The lowest BCUT2D eigenvalue weighted by molar-refractivity contribution is -0.121. The van der Waals surface area contributed by atoms with Crippen LogP contribution in [0.3, 0.4) is 0 Å². The van der Waals surface area contributed by atoms with Crippen LogP contribution in [0.1, 0.15) is 53.1 Å². The zero-order chi connectivity index (χ0) is 19.6. The molecule has 0 fully saturated rings. The standard InChI is InChI=1S/C20H24N2O4S/c1-14(2)11-12-26-16-7-5-15(6-8-16)20(25)22-21-19(24)10-9-17(23)18-4-3-13-27-18/h3-8,13-14H,9-12H2,1-2H3,(H,21,24)(H,22,25). The van der Waals surface area contributed by atoms with Crippen LogP contribution < -0.4 is 15.6 Å². The number of ketones is 1. The second kappa shape index (κ2) is 10.5. The summed E-state index contributed by atoms with van der Waals surface area (Å²) in [6.45, 7) is 4.88. The van der Waals surface area contributed by atoms with Crippen LogP contribution in [0.4, 0.5) is 0 Å². The molecule has 2 aromatic rings. The number of hydrogen-bond acceptors (Lipinski definition) is 5. The van der Waals surface area contributed by atoms with Crippen LogP contribution in [0, 0.1) is 5.92 Å². The van der Waals surface area contributed by atoms with Crippen LogP contribution in [0.2, 0.25) is 0 Å². The summed E-state index contributed by atoms with van der Waals surface area (Å²) in [5, 5.41) is 1.81. The lowest BCUT2D eigenvalue weighted by Gasteiger charge is -2.09. The predicted octanol–water partition coefficient (Wildman–Crippen LogP) is 3.60. The lowest BCUT2D eigenvalue weighted by atomic mass is 10.1. The van der Waals surface area contributed by atoms with Crippen molar-refractivity contribution in [3.63, 3.8) is 0 Å². The first kappa shape index (κ1) is 20.6. The second-order valence-corrected chi connectivity index (χ2v) is 7.41. The Kier molecular flexibility index (Phi) is 8.00. The third-order valence-corrected chi connectivity index (χ3v) is 4.68. The highest BCUT2D eigenvalue weighted by atomic mass is 32.1. The van der Waals surface area contributed by atoms with Gasteiger partial charge in [0.25, 0.3) is 5.91 Å². The maximum Gasteiger partial charge on any atom is 0.269 e. The number of hydrogen-bond donors (Lipinski definition) is 2. The van der Waals surface area contributed by atoms with E-state index >= 15 is 0 Å². The number of nitrogens with one attached hydrogen (secondary N) is 2. The van der Waals surface area contributed by atoms with Gasteiger partial charge in [0.1, 0.15) is 5.75 Å². The van der Waals surface area contributed by atoms with Crippen molar-refractivity contribution >= 4 is 28.9 Å². The first-order chi connectivity index (χ1) is 13.0. The zero-order valence-electron chi connectivity index (χ0n) is 15.5. The van der Waals surface area contributed by atoms with Crippen LogP contribution in [0.15, 0.2) is 41.8 Å². The Bertz CT molecular complexity index is 755. The summed E-state index contributed by atoms with van der Waals surface area (Å²) in [4.78, 5) is 36.3. The molecule has 144 valence electrons. The normalized spacial score (nSPS) is 10.5. The first-order valence-electron chi connectivity index (χ1n) is 8.84. The van der Waals surface area contributed by atoms with Crippen molar-refractivity contribution in [1.29, 1.82) is 0 Å². The average Bonchev–Trinajstić information content (AvgIpc) is 3.19. The molecule has 2 N–H and O–H groups in total. The topological polar surface area (TPSA) is 84.5 Å². The molecule has 1 heterocycles. The molecule has 0 saturated carbocycles. The molecule has 27 heavy (non-hydrogen) atoms. The van der Waals surface area contributed by atoms with Gasteiger partial charge in [0.2, 0.25) is 5.91 Å². The maximum absolute atomic E-state index is 12.1. The molecule has 0 unspecified atom stereocenters. The van der Waals surface area contributed by atoms with Gasteiger partial charge in [0, 0.05) is 18.4 Å². The monoisotopic (exact) mass is 388 g/mol. The summed E-state index contributed by atoms with van der Waals surface area (Å²) in [5.74, 6) is 0.339. The van der Waals surface area contributed by atoms with E-state index in [1.54, 1.807) is 36.4 Å². The molecule has 0 spiro atoms. The molecular formula is C20H24N2O4S. The second-order valence-electron chi connectivity index (χ2n) is 6.46. The van der Waals surface area contributed by atoms with Crippen molar-refractivity contribution < 1.29 is 19.1 Å². The van der Waals surface area contributed by atoms with Crippen LogP contribution in [-0.2, 0) is 4.79 Å². The summed E-state index contributed by atoms with van der Waals surface area (Å²) >= 11 is 1.34. The number of Topliss-reactive ketones (excluding diaryl/α,β-unsaturated/α-hetero) is 1. The smallest absolute Gasteiger partial charge is 0.269 e. The van der Waals surface area contributed by atoms with E-state index in [2.05, 4.69) is 24.7 Å². The highest BCUT2D eigenvalue weighted by molar-refractivity contribution is 7.12. The quantitative estimate of drug-likeness (QED) is 0.508. The van der Waals surface area contributed by atoms with Gasteiger partial charge in [-0.2, -0.15) is 0 Å². The summed E-state index contributed by atoms with van der Waals surface area (Å²) in [5.41, 5.74) is 5.08. The van der Waals surface area contributed by atoms with Crippen LogP contribution in [0.25, 0.3) is 0 Å². The van der Waals surface area contributed by atoms with Gasteiger partial charge >= 0.3 is 0 Å². The van der Waals surface area contributed by atoms with E-state index in [0.717, 1.165) is 6.42 Å². The minimum atomic E-state index is -0.429. The summed E-state index contributed by atoms with van der Waals surface area (Å²) < 4.78 is 5.60. The number of rotatable bonds is 9. The van der Waals surface area contributed by atoms with Gasteiger partial charge in [-0.05, 0) is 48.1 Å². The molecule has 0 bridgehead atoms. The van der Waals surface area contributed by atoms with Gasteiger partial charge in [0.05, 0.1) is 11.5 Å². The Balaban J connectivity index is 1.71. The fourth-order valence-corrected chi connectivity index (χ4v) is 2.86. The summed E-state index contributed by atoms with van der Waals surface area (Å²) in [6, 6.07) is 10.2. The predicted molar refractivity (Wildman–Crippen MR) is 105 cm³/mol. The average molecular weight is 388 g/mol. The molecule has 0 saturated heterocycles. The largest absolute Gasteiger partial charge is 0.494 e. The van der Waals surface area contributed by atoms with Gasteiger partial charge in [0.15, 0.2) is 5.78 Å². The van der Waals surface area contributed by atoms with Crippen LogP contribution in [-0.4, -0.2) is 24.2 Å². The molecular weight excluding hydrogens is 364 g/mol. The third-order valence-electron chi connectivity index (χ3n) is 3.77. The first-order valence-corrected chi connectivity index (χ1v) is 9.72. The molecule has 2 amide bonds. The van der Waals surface area contributed by atoms with E-state index in [0.29, 0.717) is 28.7 Å². The Labute approximate surface area is 162 Å². The van der Waals surface area contributed by atoms with Crippen LogP contribution >= 0.6 is 11.3 Å². The molecule has 7 heteroatoms. The van der Waals surface area contributed by atoms with Crippen molar-refractivity contribution in [2.45, 2.75) is 33.1 Å². The van der Waals surface area contributed by atoms with Crippen molar-refractivity contribution in [3.8, 4) is 5.75 Å². The van der Waals surface area contributed by atoms with Gasteiger partial charge in [-0.1, -0.05) is 19.9 Å². The van der Waals surface area contributed by atoms with E-state index in [1.807, 2.05) is 5.38 Å². The highest BCUT2D eigenvalue weighted by Gasteiger charge is 2.11. The van der Waals surface area contributed by atoms with E-state index in [-0.39, 0.29) is 18.6 Å². The van der Waals surface area contributed by atoms with Crippen molar-refractivity contribution in [1.82, 2.24) is 10.9 Å². The molecule has 2 rings (SSSR count). The van der Waals surface area contributed by atoms with Gasteiger partial charge in [-0.3, -0.25) is 25.2 Å². The number of ether oxygens (including phenoxy) is 1. The van der Waals surface area contributed by atoms with Gasteiger partial charge in [-0.15, -0.1) is 11.3 Å². The SMILES string of the molecule is CC(C)CCOc1ccc(C(=O)NNC(=O)CCC(=O)c2cccs2)cc1. The molecule has 0 atom stereocenters. The molecule has 0 aliphatic rings. The van der Waals surface area contributed by atoms with E-state index in [9.17, 15) is 14.4 Å². The number of hydrazine groups is 1. The van der Waals surface area contributed by atoms with Crippen molar-refractivity contribution in [3.05, 3.63) is 52.2 Å². The fraction of sp³-hybridized carbons (Fsp3) is 0.350. The van der Waals surface area contributed by atoms with Gasteiger partial charge < -0.3 is 4.74 Å². The number of carbonyl (C=O) groups excluding carboxylic acids is 3. The number of thiophene rings is 1. The van der Waals surface area contributed by atoms with Crippen LogP contribution in [0.5, 0.6) is 5.75 Å². The van der Waals surface area contributed by atoms with E-state index < -0.39 is 11.8 Å². The molecule has 0 aliphatic carbocycles. The third kappa shape index (κ3) is 7.22. The molecule has 1 aromatic carbocycles. The Hall–Kier alpha value is -2.67. The highest BCUT2D eigenvalue weighted by Crippen LogP contribution is 2.14. The Morgan fingerprint density at radius 1 is 1.04 bits per heavy atom. The number of amides is 2. The number of benzene rings is 1. The molecule has 0 radical (unpaired) electrons. The minimum Gasteiger partial charge on any atom is -0.494 e. The molecule has 0 aliphatic heterocycles. The van der Waals surface area contributed by atoms with E-state index in [4.69, 9.17) is 4.74 Å². The maximum atomic E-state index is 12.1. The zero-order valence-corrected chi connectivity index (χ0v) is 16.3. The molecule has 1 aromatic heterocycles. The fourth-order valence-electron chi connectivity index (χ4n) is 2.16. The summed E-state index contributed by atoms with van der Waals surface area (Å²) in [7, 11) is 0. The summed E-state index contributed by atoms with van der Waals surface area (Å²) in [6.07, 6.45) is 1.08. The van der Waals surface area contributed by atoms with Crippen molar-refractivity contribution in [2.75, 3.05) is 6.61 Å². The molecule has 6 nitrogen and oxygen atoms in total.